The van der Waals surface area contributed by atoms with Crippen LogP contribution in [0.25, 0.3) is 11.0 Å². The highest BCUT2D eigenvalue weighted by Crippen LogP contribution is 2.30. The van der Waals surface area contributed by atoms with Gasteiger partial charge in [-0.05, 0) is 36.0 Å². The van der Waals surface area contributed by atoms with Gasteiger partial charge in [0, 0.05) is 0 Å². The highest BCUT2D eigenvalue weighted by atomic mass is 32.2. The number of anilines is 2. The number of nitrogens with zero attached hydrogens (tertiary/aromatic N) is 3. The lowest BCUT2D eigenvalue weighted by Crippen LogP contribution is -2.26. The molecule has 10 heteroatoms. The molecule has 2 amide bonds. The number of amides is 2. The summed E-state index contributed by atoms with van der Waals surface area (Å²) in [6.45, 7) is 0.456. The van der Waals surface area contributed by atoms with E-state index in [-0.39, 0.29) is 18.3 Å². The Hall–Kier alpha value is -3.14. The van der Waals surface area contributed by atoms with Crippen molar-refractivity contribution >= 4 is 46.2 Å². The van der Waals surface area contributed by atoms with E-state index < -0.39 is 17.8 Å². The summed E-state index contributed by atoms with van der Waals surface area (Å²) in [5, 5.41) is 2.82. The van der Waals surface area contributed by atoms with Crippen LogP contribution < -0.4 is 10.2 Å². The van der Waals surface area contributed by atoms with Gasteiger partial charge in [-0.15, -0.1) is 0 Å². The largest absolute Gasteiger partial charge is 0.447 e. The first kappa shape index (κ1) is 19.2. The van der Waals surface area contributed by atoms with Crippen LogP contribution >= 0.6 is 11.8 Å². The second-order valence-electron chi connectivity index (χ2n) is 6.18. The molecular formula is C19H16F2N4O3S. The number of benzene rings is 2. The van der Waals surface area contributed by atoms with Crippen molar-refractivity contribution in [3.63, 3.8) is 0 Å². The van der Waals surface area contributed by atoms with Gasteiger partial charge in [-0.1, -0.05) is 24.3 Å². The molecule has 0 atom stereocenters. The molecule has 0 bridgehead atoms. The number of carbonyl (C=O) groups is 2. The second kappa shape index (κ2) is 8.08. The zero-order valence-electron chi connectivity index (χ0n) is 15.0. The quantitative estimate of drug-likeness (QED) is 0.614. The maximum atomic E-state index is 12.9. The molecule has 1 saturated heterocycles. The summed E-state index contributed by atoms with van der Waals surface area (Å²) in [5.41, 5.74) is 2.07. The molecule has 0 spiro atoms. The number of aromatic nitrogens is 2. The molecule has 0 unspecified atom stereocenters. The number of thioether (sulfide) groups is 1. The molecule has 3 aromatic rings. The van der Waals surface area contributed by atoms with E-state index >= 15 is 0 Å². The third-order valence-electron chi connectivity index (χ3n) is 4.35. The average molecular weight is 418 g/mol. The Morgan fingerprint density at radius 3 is 2.72 bits per heavy atom. The van der Waals surface area contributed by atoms with E-state index in [4.69, 9.17) is 4.74 Å². The third-order valence-corrected chi connectivity index (χ3v) is 5.05. The van der Waals surface area contributed by atoms with Gasteiger partial charge in [0.05, 0.1) is 29.0 Å². The van der Waals surface area contributed by atoms with Crippen LogP contribution in [0.5, 0.6) is 0 Å². The van der Waals surface area contributed by atoms with Gasteiger partial charge < -0.3 is 14.6 Å². The van der Waals surface area contributed by atoms with Gasteiger partial charge in [-0.3, -0.25) is 9.69 Å². The topological polar surface area (TPSA) is 76.5 Å². The maximum absolute atomic E-state index is 12.9. The zero-order valence-corrected chi connectivity index (χ0v) is 15.9. The molecule has 150 valence electrons. The molecule has 0 aliphatic carbocycles. The summed E-state index contributed by atoms with van der Waals surface area (Å²) in [7, 11) is 0. The van der Waals surface area contributed by atoms with E-state index in [1.165, 1.54) is 9.47 Å². The Balaban J connectivity index is 1.59. The number of nitrogens with one attached hydrogen (secondary N) is 1. The van der Waals surface area contributed by atoms with Crippen LogP contribution in [-0.2, 0) is 16.1 Å². The minimum atomic E-state index is -2.66. The Labute approximate surface area is 168 Å². The van der Waals surface area contributed by atoms with Crippen LogP contribution in [0.15, 0.2) is 53.7 Å². The number of cyclic esters (lactones) is 1. The van der Waals surface area contributed by atoms with Crippen LogP contribution in [0.4, 0.5) is 25.0 Å². The lowest BCUT2D eigenvalue weighted by atomic mass is 10.2. The zero-order chi connectivity index (χ0) is 20.4. The lowest BCUT2D eigenvalue weighted by molar-refractivity contribution is -0.116. The van der Waals surface area contributed by atoms with E-state index in [0.717, 1.165) is 0 Å². The van der Waals surface area contributed by atoms with Gasteiger partial charge in [-0.2, -0.15) is 8.78 Å². The molecule has 4 rings (SSSR count). The summed E-state index contributed by atoms with van der Waals surface area (Å²) >= 11 is 0.292. The molecule has 1 N–H and O–H groups in total. The molecule has 1 fully saturated rings. The maximum Gasteiger partial charge on any atom is 0.414 e. The number of hydrogen-bond acceptors (Lipinski definition) is 5. The van der Waals surface area contributed by atoms with Crippen LogP contribution in [0, 0.1) is 0 Å². The number of fused-ring (bicyclic) bond motifs is 1. The van der Waals surface area contributed by atoms with Crippen molar-refractivity contribution in [3.05, 3.63) is 48.5 Å². The monoisotopic (exact) mass is 418 g/mol. The summed E-state index contributed by atoms with van der Waals surface area (Å²) < 4.78 is 32.3. The molecule has 0 saturated carbocycles. The van der Waals surface area contributed by atoms with Gasteiger partial charge in [0.15, 0.2) is 5.16 Å². The van der Waals surface area contributed by atoms with Crippen molar-refractivity contribution in [2.24, 2.45) is 0 Å². The fraction of sp³-hybridized carbons (Fsp3) is 0.211. The van der Waals surface area contributed by atoms with Gasteiger partial charge >= 0.3 is 6.09 Å². The summed E-state index contributed by atoms with van der Waals surface area (Å²) in [5.74, 6) is -3.08. The molecule has 7 nitrogen and oxygen atoms in total. The first-order valence-corrected chi connectivity index (χ1v) is 9.64. The van der Waals surface area contributed by atoms with Crippen molar-refractivity contribution in [2.75, 3.05) is 23.4 Å². The Morgan fingerprint density at radius 2 is 1.97 bits per heavy atom. The van der Waals surface area contributed by atoms with E-state index in [9.17, 15) is 18.4 Å². The standard InChI is InChI=1S/C19H16F2N4O3S/c20-17(21)29-18-23-13-6-2-4-8-15(13)25(18)11-16(26)22-12-5-1-3-7-14(12)24-9-10-28-19(24)27/h1-8,17H,9-11H2,(H,22,26). The second-order valence-corrected chi connectivity index (χ2v) is 7.14. The molecule has 1 aliphatic heterocycles. The van der Waals surface area contributed by atoms with Crippen LogP contribution in [-0.4, -0.2) is 40.5 Å². The molecular weight excluding hydrogens is 402 g/mol. The number of ether oxygens (including phenoxy) is 1. The van der Waals surface area contributed by atoms with Crippen LogP contribution in [0.3, 0.4) is 0 Å². The van der Waals surface area contributed by atoms with Crippen molar-refractivity contribution in [1.29, 1.82) is 0 Å². The fourth-order valence-electron chi connectivity index (χ4n) is 3.14. The number of hydrogen-bond donors (Lipinski definition) is 1. The number of imidazole rings is 1. The third kappa shape index (κ3) is 4.02. The van der Waals surface area contributed by atoms with Crippen LogP contribution in [0.1, 0.15) is 0 Å². The van der Waals surface area contributed by atoms with Gasteiger partial charge in [0.2, 0.25) is 5.91 Å². The molecule has 1 aliphatic rings. The molecule has 0 radical (unpaired) electrons. The molecule has 2 heterocycles. The minimum Gasteiger partial charge on any atom is -0.447 e. The number of para-hydroxylation sites is 4. The van der Waals surface area contributed by atoms with E-state index in [1.807, 2.05) is 0 Å². The fourth-order valence-corrected chi connectivity index (χ4v) is 3.74. The molecule has 29 heavy (non-hydrogen) atoms. The first-order valence-electron chi connectivity index (χ1n) is 8.76. The van der Waals surface area contributed by atoms with Crippen molar-refractivity contribution < 1.29 is 23.1 Å². The number of alkyl halides is 2. The first-order chi connectivity index (χ1) is 14.0. The predicted octanol–water partition coefficient (Wildman–Crippen LogP) is 3.95. The Bertz CT molecular complexity index is 1070. The number of rotatable bonds is 6. The molecule has 1 aromatic heterocycles. The summed E-state index contributed by atoms with van der Waals surface area (Å²) in [6.07, 6.45) is -0.483. The smallest absolute Gasteiger partial charge is 0.414 e. The van der Waals surface area contributed by atoms with Crippen molar-refractivity contribution in [2.45, 2.75) is 17.5 Å². The Morgan fingerprint density at radius 1 is 1.21 bits per heavy atom. The highest BCUT2D eigenvalue weighted by Gasteiger charge is 2.26. The number of halogens is 2. The van der Waals surface area contributed by atoms with Crippen LogP contribution in [0.2, 0.25) is 0 Å². The van der Waals surface area contributed by atoms with E-state index in [0.29, 0.717) is 40.7 Å². The van der Waals surface area contributed by atoms with Gasteiger partial charge in [-0.25, -0.2) is 9.78 Å². The van der Waals surface area contributed by atoms with Gasteiger partial charge in [0.1, 0.15) is 13.2 Å². The van der Waals surface area contributed by atoms with Gasteiger partial charge in [0.25, 0.3) is 5.76 Å². The molecule has 2 aromatic carbocycles. The summed E-state index contributed by atoms with van der Waals surface area (Å²) in [6, 6.07) is 13.8. The summed E-state index contributed by atoms with van der Waals surface area (Å²) in [4.78, 5) is 30.2. The van der Waals surface area contributed by atoms with E-state index in [1.54, 1.807) is 48.5 Å². The predicted molar refractivity (Wildman–Crippen MR) is 105 cm³/mol. The Kier molecular flexibility index (Phi) is 5.34. The number of carbonyl (C=O) groups excluding carboxylic acids is 2. The van der Waals surface area contributed by atoms with Crippen molar-refractivity contribution in [1.82, 2.24) is 9.55 Å². The lowest BCUT2D eigenvalue weighted by Gasteiger charge is -2.18. The normalized spacial score (nSPS) is 13.9. The van der Waals surface area contributed by atoms with E-state index in [2.05, 4.69) is 10.3 Å². The van der Waals surface area contributed by atoms with Crippen molar-refractivity contribution in [3.8, 4) is 0 Å². The highest BCUT2D eigenvalue weighted by molar-refractivity contribution is 7.99. The SMILES string of the molecule is O=C(Cn1c(SC(F)F)nc2ccccc21)Nc1ccccc1N1CCOC1=O. The average Bonchev–Trinajstić information content (AvgIpc) is 3.26. The minimum absolute atomic E-state index is 0.0627.